The molecule has 2 aliphatic rings. The van der Waals surface area contributed by atoms with Crippen LogP contribution in [-0.4, -0.2) is 36.0 Å². The highest BCUT2D eigenvalue weighted by molar-refractivity contribution is 6.05. The Hall–Kier alpha value is -2.53. The molecule has 0 spiro atoms. The van der Waals surface area contributed by atoms with Crippen molar-refractivity contribution in [2.45, 2.75) is 51.2 Å². The summed E-state index contributed by atoms with van der Waals surface area (Å²) in [6.45, 7) is 0. The summed E-state index contributed by atoms with van der Waals surface area (Å²) in [6, 6.07) is 16.9. The van der Waals surface area contributed by atoms with Crippen LogP contribution in [0.25, 0.3) is 0 Å². The number of rotatable bonds is 4. The second-order valence-electron chi connectivity index (χ2n) is 7.48. The number of benzene rings is 2. The first-order chi connectivity index (χ1) is 12.6. The smallest absolute Gasteiger partial charge is 0.255 e. The molecule has 5 nitrogen and oxygen atoms in total. The number of anilines is 3. The molecule has 144 valence electrons. The largest absolute Gasteiger partial charge is 0.397 e. The minimum atomic E-state index is -0.146. The molecular weight excluding hydrogens is 336 g/mol. The van der Waals surface area contributed by atoms with E-state index in [0.29, 0.717) is 35.1 Å². The number of para-hydroxylation sites is 2. The summed E-state index contributed by atoms with van der Waals surface area (Å²) in [4.78, 5) is 14.9. The van der Waals surface area contributed by atoms with Gasteiger partial charge in [-0.2, -0.15) is 0 Å². The number of hydrogen-bond donors (Lipinski definition) is 3. The van der Waals surface area contributed by atoms with Crippen molar-refractivity contribution in [2.75, 3.05) is 23.4 Å². The fraction of sp³-hybridized carbons (Fsp3) is 0.409. The van der Waals surface area contributed by atoms with E-state index < -0.39 is 0 Å². The number of nitrogens with two attached hydrogens (primary N) is 1. The quantitative estimate of drug-likeness (QED) is 0.710. The highest BCUT2D eigenvalue weighted by Gasteiger charge is 2.38. The Morgan fingerprint density at radius 2 is 1.67 bits per heavy atom. The van der Waals surface area contributed by atoms with Gasteiger partial charge in [-0.25, -0.2) is 0 Å². The third kappa shape index (κ3) is 4.08. The topological polar surface area (TPSA) is 70.4 Å². The minimum Gasteiger partial charge on any atom is -0.397 e. The van der Waals surface area contributed by atoms with E-state index in [1.54, 1.807) is 12.1 Å². The summed E-state index contributed by atoms with van der Waals surface area (Å²) in [5, 5.41) is 6.51. The van der Waals surface area contributed by atoms with Gasteiger partial charge in [-0.1, -0.05) is 19.6 Å². The monoisotopic (exact) mass is 366 g/mol. The van der Waals surface area contributed by atoms with Crippen molar-refractivity contribution >= 4 is 23.0 Å². The highest BCUT2D eigenvalue weighted by Crippen LogP contribution is 2.35. The number of nitrogen functional groups attached to an aromatic ring is 1. The van der Waals surface area contributed by atoms with E-state index >= 15 is 0 Å². The second-order valence-corrected chi connectivity index (χ2v) is 7.48. The van der Waals surface area contributed by atoms with Crippen LogP contribution in [0.5, 0.6) is 0 Å². The van der Waals surface area contributed by atoms with Gasteiger partial charge in [0.2, 0.25) is 0 Å². The normalized spacial score (nSPS) is 24.1. The standard InChI is InChI=1S/C21H26N4O.CH4/c1-25-17-10-11-18(25)13-16(12-17)23-15-8-6-14(7-9-15)21(26)24-20-5-3-2-4-19(20)22;/h2-9,16-18,23H,10-13,22H2,1H3,(H,24,26);1H4. The summed E-state index contributed by atoms with van der Waals surface area (Å²) in [7, 11) is 2.26. The van der Waals surface area contributed by atoms with Crippen LogP contribution in [0.1, 0.15) is 43.5 Å². The van der Waals surface area contributed by atoms with Gasteiger partial charge in [0, 0.05) is 29.4 Å². The van der Waals surface area contributed by atoms with Crippen molar-refractivity contribution in [3.8, 4) is 0 Å². The Kier molecular flexibility index (Phi) is 5.71. The lowest BCUT2D eigenvalue weighted by Gasteiger charge is -2.37. The van der Waals surface area contributed by atoms with Crippen molar-refractivity contribution in [2.24, 2.45) is 0 Å². The van der Waals surface area contributed by atoms with Crippen LogP contribution in [0, 0.1) is 0 Å². The summed E-state index contributed by atoms with van der Waals surface area (Å²) in [5.41, 5.74) is 8.80. The molecule has 0 saturated carbocycles. The third-order valence-corrected chi connectivity index (χ3v) is 5.83. The molecule has 2 aromatic carbocycles. The third-order valence-electron chi connectivity index (χ3n) is 5.83. The Morgan fingerprint density at radius 1 is 1.04 bits per heavy atom. The van der Waals surface area contributed by atoms with Crippen LogP contribution in [0.15, 0.2) is 48.5 Å². The first-order valence-corrected chi connectivity index (χ1v) is 9.34. The van der Waals surface area contributed by atoms with Crippen LogP contribution in [0.4, 0.5) is 17.1 Å². The van der Waals surface area contributed by atoms with Crippen LogP contribution in [0.2, 0.25) is 0 Å². The zero-order valence-electron chi connectivity index (χ0n) is 15.1. The molecule has 1 amide bonds. The molecule has 2 bridgehead atoms. The summed E-state index contributed by atoms with van der Waals surface area (Å²) >= 11 is 0. The van der Waals surface area contributed by atoms with E-state index in [9.17, 15) is 4.79 Å². The molecule has 5 heteroatoms. The summed E-state index contributed by atoms with van der Waals surface area (Å²) in [5.74, 6) is -0.146. The van der Waals surface area contributed by atoms with Gasteiger partial charge in [0.25, 0.3) is 5.91 Å². The van der Waals surface area contributed by atoms with E-state index in [1.807, 2.05) is 36.4 Å². The number of amides is 1. The van der Waals surface area contributed by atoms with E-state index in [4.69, 9.17) is 5.73 Å². The van der Waals surface area contributed by atoms with Crippen molar-refractivity contribution < 1.29 is 4.79 Å². The van der Waals surface area contributed by atoms with E-state index in [-0.39, 0.29) is 13.3 Å². The zero-order valence-corrected chi connectivity index (χ0v) is 15.1. The maximum absolute atomic E-state index is 12.4. The average Bonchev–Trinajstić information content (AvgIpc) is 2.85. The molecule has 2 unspecified atom stereocenters. The number of piperidine rings is 1. The summed E-state index contributed by atoms with van der Waals surface area (Å²) in [6.07, 6.45) is 5.03. The van der Waals surface area contributed by atoms with Crippen LogP contribution >= 0.6 is 0 Å². The number of carbonyl (C=O) groups is 1. The molecule has 0 aliphatic carbocycles. The first-order valence-electron chi connectivity index (χ1n) is 9.34. The molecule has 2 heterocycles. The van der Waals surface area contributed by atoms with Gasteiger partial charge in [0.05, 0.1) is 11.4 Å². The SMILES string of the molecule is C.CN1C2CCC1CC(Nc1ccc(C(=O)Nc3ccccc3N)cc1)C2. The van der Waals surface area contributed by atoms with Crippen molar-refractivity contribution in [1.82, 2.24) is 4.90 Å². The van der Waals surface area contributed by atoms with Gasteiger partial charge in [-0.15, -0.1) is 0 Å². The molecule has 4 N–H and O–H groups in total. The Labute approximate surface area is 161 Å². The average molecular weight is 367 g/mol. The maximum Gasteiger partial charge on any atom is 0.255 e. The number of fused-ring (bicyclic) bond motifs is 2. The number of nitrogens with zero attached hydrogens (tertiary/aromatic N) is 1. The molecule has 2 aliphatic heterocycles. The number of carbonyl (C=O) groups excluding carboxylic acids is 1. The molecule has 2 atom stereocenters. The van der Waals surface area contributed by atoms with Gasteiger partial charge < -0.3 is 21.3 Å². The Morgan fingerprint density at radius 3 is 2.30 bits per heavy atom. The van der Waals surface area contributed by atoms with Gasteiger partial charge in [-0.3, -0.25) is 4.79 Å². The zero-order chi connectivity index (χ0) is 18.1. The maximum atomic E-state index is 12.4. The predicted octanol–water partition coefficient (Wildman–Crippen LogP) is 4.19. The Balaban J connectivity index is 0.00000210. The highest BCUT2D eigenvalue weighted by atomic mass is 16.1. The molecule has 2 fully saturated rings. The lowest BCUT2D eigenvalue weighted by Crippen LogP contribution is -2.44. The van der Waals surface area contributed by atoms with E-state index in [0.717, 1.165) is 5.69 Å². The molecule has 2 saturated heterocycles. The van der Waals surface area contributed by atoms with Crippen LogP contribution in [-0.2, 0) is 0 Å². The molecule has 0 radical (unpaired) electrons. The van der Waals surface area contributed by atoms with Crippen molar-refractivity contribution in [3.63, 3.8) is 0 Å². The fourth-order valence-electron chi connectivity index (χ4n) is 4.29. The van der Waals surface area contributed by atoms with Crippen LogP contribution < -0.4 is 16.4 Å². The van der Waals surface area contributed by atoms with Crippen molar-refractivity contribution in [1.29, 1.82) is 0 Å². The van der Waals surface area contributed by atoms with Crippen molar-refractivity contribution in [3.05, 3.63) is 54.1 Å². The van der Waals surface area contributed by atoms with E-state index in [2.05, 4.69) is 22.6 Å². The van der Waals surface area contributed by atoms with Gasteiger partial charge >= 0.3 is 0 Å². The molecule has 2 aromatic rings. The van der Waals surface area contributed by atoms with Gasteiger partial charge in [0.15, 0.2) is 0 Å². The van der Waals surface area contributed by atoms with Crippen LogP contribution in [0.3, 0.4) is 0 Å². The minimum absolute atomic E-state index is 0. The molecular formula is C22H30N4O. The summed E-state index contributed by atoms with van der Waals surface area (Å²) < 4.78 is 0. The Bertz CT molecular complexity index is 775. The molecule has 0 aromatic heterocycles. The number of nitrogens with one attached hydrogen (secondary N) is 2. The number of hydrogen-bond acceptors (Lipinski definition) is 4. The molecule has 27 heavy (non-hydrogen) atoms. The lowest BCUT2D eigenvalue weighted by atomic mass is 9.97. The van der Waals surface area contributed by atoms with Gasteiger partial charge in [-0.05, 0) is 69.1 Å². The fourth-order valence-corrected chi connectivity index (χ4v) is 4.29. The predicted molar refractivity (Wildman–Crippen MR) is 113 cm³/mol. The molecule has 4 rings (SSSR count). The lowest BCUT2D eigenvalue weighted by molar-refractivity contribution is 0.102. The first kappa shape index (κ1) is 19.2. The van der Waals surface area contributed by atoms with E-state index in [1.165, 1.54) is 25.7 Å². The van der Waals surface area contributed by atoms with Gasteiger partial charge in [0.1, 0.15) is 0 Å². The second kappa shape index (κ2) is 8.01.